The molecule has 1 N–H and O–H groups in total. The lowest BCUT2D eigenvalue weighted by molar-refractivity contribution is -0.161. The van der Waals surface area contributed by atoms with E-state index in [0.29, 0.717) is 23.7 Å². The molecule has 5 aliphatic carbocycles. The van der Waals surface area contributed by atoms with Crippen LogP contribution in [0, 0.1) is 33.5 Å². The van der Waals surface area contributed by atoms with E-state index in [1.807, 2.05) is 6.08 Å². The zero-order chi connectivity index (χ0) is 23.5. The molecular formula is C28H36O4. The Kier molecular flexibility index (Phi) is 4.26. The van der Waals surface area contributed by atoms with Gasteiger partial charge >= 0.3 is 0 Å². The van der Waals surface area contributed by atoms with Crippen molar-refractivity contribution in [1.29, 1.82) is 0 Å². The molecule has 4 heteroatoms. The van der Waals surface area contributed by atoms with Crippen LogP contribution in [0.15, 0.2) is 34.9 Å². The van der Waals surface area contributed by atoms with Gasteiger partial charge in [-0.25, -0.2) is 0 Å². The van der Waals surface area contributed by atoms with E-state index < -0.39 is 17.2 Å². The molecule has 0 saturated heterocycles. The number of fused-ring (bicyclic) bond motifs is 7. The lowest BCUT2D eigenvalue weighted by Gasteiger charge is -2.69. The highest BCUT2D eigenvalue weighted by molar-refractivity contribution is 6.46. The zero-order valence-corrected chi connectivity index (χ0v) is 20.3. The Balaban J connectivity index is 1.66. The highest BCUT2D eigenvalue weighted by atomic mass is 16.3. The molecule has 0 aromatic carbocycles. The van der Waals surface area contributed by atoms with Gasteiger partial charge in [0.1, 0.15) is 5.78 Å². The second-order valence-corrected chi connectivity index (χ2v) is 12.6. The van der Waals surface area contributed by atoms with E-state index in [4.69, 9.17) is 0 Å². The highest BCUT2D eigenvalue weighted by Gasteiger charge is 2.67. The first kappa shape index (κ1) is 22.0. The number of hydrogen-bond donors (Lipinski definition) is 1. The summed E-state index contributed by atoms with van der Waals surface area (Å²) in [6, 6.07) is 0. The van der Waals surface area contributed by atoms with Crippen molar-refractivity contribution in [2.45, 2.75) is 85.7 Å². The zero-order valence-electron chi connectivity index (χ0n) is 20.3. The molecule has 172 valence electrons. The molecule has 0 unspecified atom stereocenters. The van der Waals surface area contributed by atoms with Gasteiger partial charge in [-0.1, -0.05) is 52.3 Å². The number of allylic oxidation sites excluding steroid dienone is 4. The second kappa shape index (κ2) is 6.20. The molecule has 5 rings (SSSR count). The lowest BCUT2D eigenvalue weighted by atomic mass is 9.35. The Bertz CT molecular complexity index is 1060. The van der Waals surface area contributed by atoms with Crippen LogP contribution in [-0.4, -0.2) is 28.1 Å². The molecule has 0 aromatic heterocycles. The normalized spacial score (nSPS) is 50.3. The van der Waals surface area contributed by atoms with Gasteiger partial charge in [0.25, 0.3) is 0 Å². The Morgan fingerprint density at radius 2 is 1.59 bits per heavy atom. The molecule has 0 bridgehead atoms. The fourth-order valence-electron chi connectivity index (χ4n) is 8.53. The summed E-state index contributed by atoms with van der Waals surface area (Å²) in [5.74, 6) is -0.331. The molecule has 3 fully saturated rings. The molecule has 0 aromatic rings. The molecule has 3 saturated carbocycles. The van der Waals surface area contributed by atoms with Crippen LogP contribution in [0.3, 0.4) is 0 Å². The van der Waals surface area contributed by atoms with Crippen molar-refractivity contribution in [3.05, 3.63) is 34.9 Å². The van der Waals surface area contributed by atoms with Gasteiger partial charge in [-0.05, 0) is 78.4 Å². The van der Waals surface area contributed by atoms with E-state index in [2.05, 4.69) is 40.7 Å². The molecule has 32 heavy (non-hydrogen) atoms. The Labute approximate surface area is 191 Å². The van der Waals surface area contributed by atoms with E-state index in [1.165, 1.54) is 18.6 Å². The summed E-state index contributed by atoms with van der Waals surface area (Å²) in [6.07, 6.45) is 11.1. The summed E-state index contributed by atoms with van der Waals surface area (Å²) in [4.78, 5) is 37.6. The largest absolute Gasteiger partial charge is 0.377 e. The van der Waals surface area contributed by atoms with Crippen molar-refractivity contribution >= 4 is 17.3 Å². The fraction of sp³-hybridized carbons (Fsp3) is 0.679. The van der Waals surface area contributed by atoms with Gasteiger partial charge < -0.3 is 5.11 Å². The predicted octanol–water partition coefficient (Wildman–Crippen LogP) is 4.91. The molecule has 0 aliphatic heterocycles. The third kappa shape index (κ3) is 2.40. The molecule has 0 spiro atoms. The first-order chi connectivity index (χ1) is 14.7. The Morgan fingerprint density at radius 1 is 0.906 bits per heavy atom. The lowest BCUT2D eigenvalue weighted by Crippen LogP contribution is -2.62. The van der Waals surface area contributed by atoms with Gasteiger partial charge in [0.05, 0.1) is 0 Å². The monoisotopic (exact) mass is 436 g/mol. The number of carbonyl (C=O) groups excluding carboxylic acids is 3. The van der Waals surface area contributed by atoms with E-state index in [0.717, 1.165) is 37.7 Å². The average Bonchev–Trinajstić information content (AvgIpc) is 2.71. The number of aliphatic hydroxyl groups is 1. The van der Waals surface area contributed by atoms with Crippen LogP contribution in [0.5, 0.6) is 0 Å². The number of Topliss-reactive ketones (excluding diaryl/α,β-unsaturated/α-hetero) is 2. The number of hydrogen-bond acceptors (Lipinski definition) is 4. The summed E-state index contributed by atoms with van der Waals surface area (Å²) in [5.41, 5.74) is 0.649. The van der Waals surface area contributed by atoms with Crippen LogP contribution >= 0.6 is 0 Å². The molecule has 0 amide bonds. The van der Waals surface area contributed by atoms with Crippen LogP contribution < -0.4 is 0 Å². The van der Waals surface area contributed by atoms with Crippen LogP contribution in [0.2, 0.25) is 0 Å². The molecule has 0 heterocycles. The van der Waals surface area contributed by atoms with Crippen molar-refractivity contribution < 1.29 is 19.5 Å². The predicted molar refractivity (Wildman–Crippen MR) is 123 cm³/mol. The van der Waals surface area contributed by atoms with Crippen LogP contribution in [-0.2, 0) is 14.4 Å². The molecule has 7 atom stereocenters. The minimum absolute atomic E-state index is 0.0536. The van der Waals surface area contributed by atoms with Gasteiger partial charge in [-0.15, -0.1) is 0 Å². The Morgan fingerprint density at radius 3 is 2.28 bits per heavy atom. The van der Waals surface area contributed by atoms with Crippen molar-refractivity contribution in [3.8, 4) is 0 Å². The van der Waals surface area contributed by atoms with Gasteiger partial charge in [0.2, 0.25) is 11.6 Å². The summed E-state index contributed by atoms with van der Waals surface area (Å²) < 4.78 is 0. The van der Waals surface area contributed by atoms with Gasteiger partial charge in [-0.2, -0.15) is 0 Å². The fourth-order valence-corrected chi connectivity index (χ4v) is 8.53. The van der Waals surface area contributed by atoms with Crippen molar-refractivity contribution in [1.82, 2.24) is 0 Å². The minimum Gasteiger partial charge on any atom is -0.377 e. The van der Waals surface area contributed by atoms with Gasteiger partial charge in [-0.3, -0.25) is 14.4 Å². The number of ketones is 3. The Hall–Kier alpha value is -1.81. The average molecular weight is 437 g/mol. The molecule has 4 nitrogen and oxygen atoms in total. The van der Waals surface area contributed by atoms with E-state index in [1.54, 1.807) is 0 Å². The molecule has 0 radical (unpaired) electrons. The van der Waals surface area contributed by atoms with E-state index >= 15 is 0 Å². The standard InChI is InChI=1S/C28H36O4/c1-16-13-22-24(2,15-20(16)30)9-11-26(4)21-8-7-17-18(14-19(29)23(31)28(17,6)32)25(21,3)10-12-27(22,26)5/h7-8,14,16,22,32H,9-13,15H2,1-6H3/t16-,22-,24+,25+,26-,27+,28-/m1/s1. The highest BCUT2D eigenvalue weighted by Crippen LogP contribution is 2.74. The third-order valence-corrected chi connectivity index (χ3v) is 10.9. The van der Waals surface area contributed by atoms with Crippen molar-refractivity contribution in [2.75, 3.05) is 0 Å². The van der Waals surface area contributed by atoms with E-state index in [9.17, 15) is 19.5 Å². The summed E-state index contributed by atoms with van der Waals surface area (Å²) in [6.45, 7) is 12.9. The smallest absolute Gasteiger partial charge is 0.238 e. The minimum atomic E-state index is -1.77. The molecular weight excluding hydrogens is 400 g/mol. The quantitative estimate of drug-likeness (QED) is 0.548. The first-order valence-corrected chi connectivity index (χ1v) is 12.2. The van der Waals surface area contributed by atoms with E-state index in [-0.39, 0.29) is 27.6 Å². The van der Waals surface area contributed by atoms with Crippen molar-refractivity contribution in [2.24, 2.45) is 33.5 Å². The summed E-state index contributed by atoms with van der Waals surface area (Å²) >= 11 is 0. The first-order valence-electron chi connectivity index (χ1n) is 12.2. The van der Waals surface area contributed by atoms with Crippen molar-refractivity contribution in [3.63, 3.8) is 0 Å². The summed E-state index contributed by atoms with van der Waals surface area (Å²) in [5, 5.41) is 11.0. The number of carbonyl (C=O) groups is 3. The topological polar surface area (TPSA) is 71.4 Å². The second-order valence-electron chi connectivity index (χ2n) is 12.6. The number of rotatable bonds is 0. The van der Waals surface area contributed by atoms with Gasteiger partial charge in [0.15, 0.2) is 5.60 Å². The van der Waals surface area contributed by atoms with Crippen LogP contribution in [0.4, 0.5) is 0 Å². The molecule has 5 aliphatic rings. The van der Waals surface area contributed by atoms with Crippen LogP contribution in [0.25, 0.3) is 0 Å². The van der Waals surface area contributed by atoms with Gasteiger partial charge in [0, 0.05) is 17.8 Å². The SMILES string of the molecule is C[C@@H]1C[C@@H]2[C@@](C)(CC[C@]3(C)C4=CC=C5C(=CC(=O)C(=O)[C@]5(C)O)[C@]4(C)CC[C@@]23C)CC1=O. The summed E-state index contributed by atoms with van der Waals surface area (Å²) in [7, 11) is 0. The maximum atomic E-state index is 12.6. The maximum absolute atomic E-state index is 12.6. The third-order valence-electron chi connectivity index (χ3n) is 10.9. The maximum Gasteiger partial charge on any atom is 0.238 e. The van der Waals surface area contributed by atoms with Crippen LogP contribution in [0.1, 0.15) is 80.1 Å².